The molecule has 0 saturated heterocycles. The monoisotopic (exact) mass is 830 g/mol. The van der Waals surface area contributed by atoms with Gasteiger partial charge < -0.3 is 4.57 Å². The second-order valence-corrected chi connectivity index (χ2v) is 15.5. The van der Waals surface area contributed by atoms with Crippen LogP contribution in [0.25, 0.3) is 107 Å². The molecule has 0 radical (unpaired) electrons. The van der Waals surface area contributed by atoms with Gasteiger partial charge in [-0.15, -0.1) is 0 Å². The first-order valence-electron chi connectivity index (χ1n) is 21.1. The highest BCUT2D eigenvalue weighted by Gasteiger charge is 2.22. The predicted octanol–water partition coefficient (Wildman–Crippen LogP) is 13.2. The van der Waals surface area contributed by atoms with Crippen molar-refractivity contribution in [1.82, 2.24) is 29.5 Å². The van der Waals surface area contributed by atoms with Crippen LogP contribution in [0.1, 0.15) is 11.1 Å². The second kappa shape index (κ2) is 16.5. The zero-order valence-electron chi connectivity index (χ0n) is 34.7. The maximum Gasteiger partial charge on any atom is 0.166 e. The molecule has 11 aromatic rings. The van der Waals surface area contributed by atoms with Gasteiger partial charge in [-0.1, -0.05) is 152 Å². The number of rotatable bonds is 8. The van der Waals surface area contributed by atoms with E-state index in [9.17, 15) is 10.5 Å². The number of aromatic nitrogens is 6. The van der Waals surface area contributed by atoms with E-state index in [2.05, 4.69) is 83.4 Å². The first kappa shape index (κ1) is 38.5. The molecule has 8 aromatic carbocycles. The van der Waals surface area contributed by atoms with Crippen LogP contribution in [-0.4, -0.2) is 29.5 Å². The maximum atomic E-state index is 10.1. The number of nitrogens with zero attached hydrogens (tertiary/aromatic N) is 8. The van der Waals surface area contributed by atoms with Crippen LogP contribution in [-0.2, 0) is 0 Å². The number of para-hydroxylation sites is 1. The van der Waals surface area contributed by atoms with Gasteiger partial charge in [-0.05, 0) is 65.7 Å². The van der Waals surface area contributed by atoms with Crippen molar-refractivity contribution in [1.29, 1.82) is 10.5 Å². The summed E-state index contributed by atoms with van der Waals surface area (Å²) in [4.78, 5) is 26.0. The Labute approximate surface area is 374 Å². The Bertz CT molecular complexity index is 3550. The third-order valence-corrected chi connectivity index (χ3v) is 11.6. The summed E-state index contributed by atoms with van der Waals surface area (Å²) >= 11 is 0. The first-order valence-corrected chi connectivity index (χ1v) is 21.1. The van der Waals surface area contributed by atoms with Crippen molar-refractivity contribution in [2.24, 2.45) is 0 Å². The van der Waals surface area contributed by atoms with Crippen molar-refractivity contribution in [2.45, 2.75) is 0 Å². The van der Waals surface area contributed by atoms with Crippen molar-refractivity contribution in [3.63, 3.8) is 0 Å². The van der Waals surface area contributed by atoms with E-state index < -0.39 is 0 Å². The van der Waals surface area contributed by atoms with Gasteiger partial charge in [0.15, 0.2) is 23.3 Å². The summed E-state index contributed by atoms with van der Waals surface area (Å²) in [6.45, 7) is 0. The summed E-state index contributed by atoms with van der Waals surface area (Å²) in [5.74, 6) is 2.13. The molecule has 302 valence electrons. The zero-order valence-corrected chi connectivity index (χ0v) is 34.7. The minimum atomic E-state index is 0.441. The van der Waals surface area contributed by atoms with E-state index in [1.54, 1.807) is 12.1 Å². The van der Waals surface area contributed by atoms with E-state index in [1.807, 2.05) is 127 Å². The van der Waals surface area contributed by atoms with Crippen molar-refractivity contribution < 1.29 is 0 Å². The van der Waals surface area contributed by atoms with Crippen LogP contribution >= 0.6 is 0 Å². The van der Waals surface area contributed by atoms with Gasteiger partial charge in [0.25, 0.3) is 0 Å². The molecule has 0 spiro atoms. The Balaban J connectivity index is 1.19. The Morgan fingerprint density at radius 3 is 1.46 bits per heavy atom. The summed E-state index contributed by atoms with van der Waals surface area (Å²) in [5.41, 5.74) is 12.1. The lowest BCUT2D eigenvalue weighted by Crippen LogP contribution is -2.04. The van der Waals surface area contributed by atoms with E-state index in [-0.39, 0.29) is 0 Å². The SMILES string of the molecule is N#Cc1ccc(-c2ccc3c(c2)c2ccccc2n3-c2ccc(-c3nc(-c4ccccc4)cc(-c4ccccc4)n3)cc2-c2nc(-c3ccccc3)nc(-c3ccccc3)n2)c(C#N)c1. The molecule has 0 fully saturated rings. The summed E-state index contributed by atoms with van der Waals surface area (Å²) in [6, 6.07) is 72.8. The molecular formula is C57H34N8. The molecule has 8 heteroatoms. The molecule has 65 heavy (non-hydrogen) atoms. The number of hydrogen-bond acceptors (Lipinski definition) is 7. The van der Waals surface area contributed by atoms with Gasteiger partial charge in [0.2, 0.25) is 0 Å². The molecule has 0 aliphatic carbocycles. The van der Waals surface area contributed by atoms with Gasteiger partial charge in [0, 0.05) is 44.2 Å². The minimum absolute atomic E-state index is 0.441. The van der Waals surface area contributed by atoms with Gasteiger partial charge in [0.1, 0.15) is 0 Å². The van der Waals surface area contributed by atoms with Crippen molar-refractivity contribution in [3.05, 3.63) is 217 Å². The summed E-state index contributed by atoms with van der Waals surface area (Å²) in [5, 5.41) is 21.7. The molecule has 0 saturated carbocycles. The Morgan fingerprint density at radius 2 is 0.862 bits per heavy atom. The fourth-order valence-electron chi connectivity index (χ4n) is 8.43. The third-order valence-electron chi connectivity index (χ3n) is 11.6. The number of nitriles is 2. The molecule has 8 nitrogen and oxygen atoms in total. The number of fused-ring (bicyclic) bond motifs is 3. The number of hydrogen-bond donors (Lipinski definition) is 0. The summed E-state index contributed by atoms with van der Waals surface area (Å²) in [6.07, 6.45) is 0. The van der Waals surface area contributed by atoms with Crippen molar-refractivity contribution >= 4 is 21.8 Å². The molecule has 3 heterocycles. The zero-order chi connectivity index (χ0) is 43.7. The highest BCUT2D eigenvalue weighted by molar-refractivity contribution is 6.11. The third kappa shape index (κ3) is 7.23. The number of benzene rings is 8. The van der Waals surface area contributed by atoms with E-state index in [4.69, 9.17) is 24.9 Å². The second-order valence-electron chi connectivity index (χ2n) is 15.5. The lowest BCUT2D eigenvalue weighted by atomic mass is 9.97. The molecular weight excluding hydrogens is 797 g/mol. The first-order chi connectivity index (χ1) is 32.1. The average molecular weight is 831 g/mol. The molecule has 0 unspecified atom stereocenters. The fraction of sp³-hybridized carbons (Fsp3) is 0. The van der Waals surface area contributed by atoms with Gasteiger partial charge in [-0.2, -0.15) is 10.5 Å². The molecule has 3 aromatic heterocycles. The van der Waals surface area contributed by atoms with Gasteiger partial charge >= 0.3 is 0 Å². The maximum absolute atomic E-state index is 10.1. The van der Waals surface area contributed by atoms with Crippen molar-refractivity contribution in [2.75, 3.05) is 0 Å². The Morgan fingerprint density at radius 1 is 0.338 bits per heavy atom. The lowest BCUT2D eigenvalue weighted by Gasteiger charge is -2.16. The van der Waals surface area contributed by atoms with Gasteiger partial charge in [-0.3, -0.25) is 0 Å². The van der Waals surface area contributed by atoms with E-state index in [0.29, 0.717) is 34.4 Å². The Kier molecular flexibility index (Phi) is 9.78. The molecule has 0 atom stereocenters. The van der Waals surface area contributed by atoms with Crippen LogP contribution in [0, 0.1) is 22.7 Å². The van der Waals surface area contributed by atoms with Crippen LogP contribution in [0.3, 0.4) is 0 Å². The van der Waals surface area contributed by atoms with Crippen LogP contribution in [0.5, 0.6) is 0 Å². The van der Waals surface area contributed by atoms with Gasteiger partial charge in [-0.25, -0.2) is 24.9 Å². The van der Waals surface area contributed by atoms with Crippen molar-refractivity contribution in [3.8, 4) is 97.0 Å². The molecule has 0 aliphatic heterocycles. The summed E-state index contributed by atoms with van der Waals surface area (Å²) < 4.78 is 2.25. The van der Waals surface area contributed by atoms with Crippen LogP contribution < -0.4 is 0 Å². The highest BCUT2D eigenvalue weighted by Crippen LogP contribution is 2.40. The fourth-order valence-corrected chi connectivity index (χ4v) is 8.43. The minimum Gasteiger partial charge on any atom is -0.309 e. The van der Waals surface area contributed by atoms with E-state index in [1.165, 1.54) is 0 Å². The predicted molar refractivity (Wildman–Crippen MR) is 257 cm³/mol. The quantitative estimate of drug-likeness (QED) is 0.150. The Hall–Kier alpha value is -9.37. The lowest BCUT2D eigenvalue weighted by molar-refractivity contribution is 1.06. The smallest absolute Gasteiger partial charge is 0.166 e. The van der Waals surface area contributed by atoms with Crippen LogP contribution in [0.2, 0.25) is 0 Å². The highest BCUT2D eigenvalue weighted by atomic mass is 15.1. The molecule has 0 bridgehead atoms. The topological polar surface area (TPSA) is 117 Å². The normalized spacial score (nSPS) is 11.0. The molecule has 11 rings (SSSR count). The molecule has 0 aliphatic rings. The summed E-state index contributed by atoms with van der Waals surface area (Å²) in [7, 11) is 0. The largest absolute Gasteiger partial charge is 0.309 e. The van der Waals surface area contributed by atoms with Crippen LogP contribution in [0.4, 0.5) is 0 Å². The van der Waals surface area contributed by atoms with Gasteiger partial charge in [0.05, 0.1) is 51.4 Å². The van der Waals surface area contributed by atoms with Crippen LogP contribution in [0.15, 0.2) is 206 Å². The standard InChI is InChI=1S/C57H34N8/c58-35-37-25-28-45(44(31-37)36-59)42-26-29-52-47(32-42)46-23-13-14-24-51(46)65(52)53-30-27-43(56-60-49(38-15-5-1-6-16-38)34-50(61-56)39-17-7-2-8-18-39)33-48(53)57-63-54(40-19-9-3-10-20-40)62-55(64-57)41-21-11-4-12-22-41/h1-34H. The van der Waals surface area contributed by atoms with E-state index >= 15 is 0 Å². The molecule has 0 amide bonds. The van der Waals surface area contributed by atoms with E-state index in [0.717, 1.165) is 83.4 Å². The average Bonchev–Trinajstić information content (AvgIpc) is 3.72. The molecule has 0 N–H and O–H groups in total.